The highest BCUT2D eigenvalue weighted by Crippen LogP contribution is 2.07. The van der Waals surface area contributed by atoms with Crippen molar-refractivity contribution in [1.29, 1.82) is 0 Å². The van der Waals surface area contributed by atoms with Gasteiger partial charge in [-0.1, -0.05) is 12.5 Å². The van der Waals surface area contributed by atoms with Crippen LogP contribution in [0.1, 0.15) is 26.2 Å². The summed E-state index contributed by atoms with van der Waals surface area (Å²) in [6.07, 6.45) is 6.15. The van der Waals surface area contributed by atoms with Gasteiger partial charge in [0.1, 0.15) is 0 Å². The molecular formula is C11H22N2. The van der Waals surface area contributed by atoms with Crippen molar-refractivity contribution >= 4 is 0 Å². The van der Waals surface area contributed by atoms with Crippen LogP contribution in [-0.4, -0.2) is 37.1 Å². The molecule has 2 nitrogen and oxygen atoms in total. The van der Waals surface area contributed by atoms with Gasteiger partial charge in [-0.3, -0.25) is 0 Å². The standard InChI is InChI=1S/C11H22N2/c1-3-11(2)12-7-10-13-8-5-4-6-9-13/h3,11-12H,1,4-10H2,2H3. The summed E-state index contributed by atoms with van der Waals surface area (Å²) in [5, 5.41) is 3.42. The highest BCUT2D eigenvalue weighted by atomic mass is 15.1. The van der Waals surface area contributed by atoms with E-state index >= 15 is 0 Å². The minimum atomic E-state index is 0.449. The molecule has 1 fully saturated rings. The largest absolute Gasteiger partial charge is 0.310 e. The van der Waals surface area contributed by atoms with E-state index < -0.39 is 0 Å². The zero-order valence-corrected chi connectivity index (χ0v) is 8.76. The predicted octanol–water partition coefficient (Wildman–Crippen LogP) is 1.64. The minimum absolute atomic E-state index is 0.449. The molecule has 76 valence electrons. The van der Waals surface area contributed by atoms with E-state index in [2.05, 4.69) is 23.7 Å². The number of nitrogens with one attached hydrogen (secondary N) is 1. The summed E-state index contributed by atoms with van der Waals surface area (Å²) < 4.78 is 0. The van der Waals surface area contributed by atoms with Gasteiger partial charge in [-0.25, -0.2) is 0 Å². The number of likely N-dealkylation sites (tertiary alicyclic amines) is 1. The predicted molar refractivity (Wildman–Crippen MR) is 58.0 cm³/mol. The van der Waals surface area contributed by atoms with Gasteiger partial charge in [0, 0.05) is 19.1 Å². The first-order valence-corrected chi connectivity index (χ1v) is 5.41. The van der Waals surface area contributed by atoms with Crippen LogP contribution in [0.5, 0.6) is 0 Å². The summed E-state index contributed by atoms with van der Waals surface area (Å²) in [5.74, 6) is 0. The molecule has 1 unspecified atom stereocenters. The first-order valence-electron chi connectivity index (χ1n) is 5.41. The lowest BCUT2D eigenvalue weighted by atomic mass is 10.1. The van der Waals surface area contributed by atoms with E-state index in [0.717, 1.165) is 6.54 Å². The Labute approximate surface area is 82.0 Å². The van der Waals surface area contributed by atoms with Crippen molar-refractivity contribution in [3.05, 3.63) is 12.7 Å². The van der Waals surface area contributed by atoms with Crippen LogP contribution in [0.3, 0.4) is 0 Å². The molecule has 1 aliphatic heterocycles. The van der Waals surface area contributed by atoms with Gasteiger partial charge in [0.25, 0.3) is 0 Å². The van der Waals surface area contributed by atoms with E-state index in [9.17, 15) is 0 Å². The third-order valence-corrected chi connectivity index (χ3v) is 2.70. The molecule has 1 aliphatic rings. The summed E-state index contributed by atoms with van der Waals surface area (Å²) in [6.45, 7) is 10.8. The lowest BCUT2D eigenvalue weighted by Gasteiger charge is -2.26. The summed E-state index contributed by atoms with van der Waals surface area (Å²) in [5.41, 5.74) is 0. The van der Waals surface area contributed by atoms with E-state index in [4.69, 9.17) is 0 Å². The van der Waals surface area contributed by atoms with Crippen LogP contribution in [0, 0.1) is 0 Å². The summed E-state index contributed by atoms with van der Waals surface area (Å²) in [7, 11) is 0. The van der Waals surface area contributed by atoms with E-state index in [0.29, 0.717) is 6.04 Å². The van der Waals surface area contributed by atoms with E-state index in [1.807, 2.05) is 6.08 Å². The molecule has 13 heavy (non-hydrogen) atoms. The second-order valence-electron chi connectivity index (χ2n) is 3.88. The zero-order chi connectivity index (χ0) is 9.52. The fourth-order valence-corrected chi connectivity index (χ4v) is 1.72. The van der Waals surface area contributed by atoms with Crippen LogP contribution >= 0.6 is 0 Å². The number of nitrogens with zero attached hydrogens (tertiary/aromatic N) is 1. The topological polar surface area (TPSA) is 15.3 Å². The fraction of sp³-hybridized carbons (Fsp3) is 0.818. The molecule has 0 aliphatic carbocycles. The fourth-order valence-electron chi connectivity index (χ4n) is 1.72. The van der Waals surface area contributed by atoms with Crippen molar-refractivity contribution in [3.8, 4) is 0 Å². The molecule has 0 radical (unpaired) electrons. The number of piperidine rings is 1. The molecule has 1 heterocycles. The van der Waals surface area contributed by atoms with Gasteiger partial charge in [0.05, 0.1) is 0 Å². The molecule has 0 saturated carbocycles. The quantitative estimate of drug-likeness (QED) is 0.650. The van der Waals surface area contributed by atoms with Gasteiger partial charge in [0.15, 0.2) is 0 Å². The molecule has 1 rings (SSSR count). The number of hydrogen-bond donors (Lipinski definition) is 1. The molecular weight excluding hydrogens is 160 g/mol. The normalized spacial score (nSPS) is 21.3. The van der Waals surface area contributed by atoms with Gasteiger partial charge in [-0.05, 0) is 32.9 Å². The smallest absolute Gasteiger partial charge is 0.0219 e. The highest BCUT2D eigenvalue weighted by Gasteiger charge is 2.08. The first kappa shape index (κ1) is 10.7. The third kappa shape index (κ3) is 4.44. The summed E-state index contributed by atoms with van der Waals surface area (Å²) in [6, 6.07) is 0.449. The van der Waals surface area contributed by atoms with Crippen LogP contribution in [0.25, 0.3) is 0 Å². The van der Waals surface area contributed by atoms with Crippen LogP contribution < -0.4 is 5.32 Å². The molecule has 2 heteroatoms. The maximum atomic E-state index is 3.75. The van der Waals surface area contributed by atoms with Crippen LogP contribution in [-0.2, 0) is 0 Å². The first-order chi connectivity index (χ1) is 6.33. The van der Waals surface area contributed by atoms with Crippen molar-refractivity contribution < 1.29 is 0 Å². The Hall–Kier alpha value is -0.340. The Balaban J connectivity index is 2.01. The molecule has 0 spiro atoms. The molecule has 0 aromatic rings. The Morgan fingerprint density at radius 2 is 2.08 bits per heavy atom. The van der Waals surface area contributed by atoms with Gasteiger partial charge < -0.3 is 10.2 Å². The second-order valence-corrected chi connectivity index (χ2v) is 3.88. The Morgan fingerprint density at radius 1 is 1.38 bits per heavy atom. The summed E-state index contributed by atoms with van der Waals surface area (Å²) in [4.78, 5) is 2.55. The van der Waals surface area contributed by atoms with Gasteiger partial charge in [0.2, 0.25) is 0 Å². The molecule has 0 bridgehead atoms. The molecule has 0 amide bonds. The maximum Gasteiger partial charge on any atom is 0.0219 e. The lowest BCUT2D eigenvalue weighted by Crippen LogP contribution is -2.37. The third-order valence-electron chi connectivity index (χ3n) is 2.70. The maximum absolute atomic E-state index is 3.75. The van der Waals surface area contributed by atoms with E-state index in [1.54, 1.807) is 0 Å². The second kappa shape index (κ2) is 6.17. The minimum Gasteiger partial charge on any atom is -0.310 e. The van der Waals surface area contributed by atoms with E-state index in [1.165, 1.54) is 38.9 Å². The zero-order valence-electron chi connectivity index (χ0n) is 8.76. The average Bonchev–Trinajstić information content (AvgIpc) is 2.19. The highest BCUT2D eigenvalue weighted by molar-refractivity contribution is 4.81. The van der Waals surface area contributed by atoms with E-state index in [-0.39, 0.29) is 0 Å². The molecule has 0 aromatic carbocycles. The molecule has 1 N–H and O–H groups in total. The van der Waals surface area contributed by atoms with Crippen molar-refractivity contribution in [1.82, 2.24) is 10.2 Å². The SMILES string of the molecule is C=CC(C)NCCN1CCCCC1. The van der Waals surface area contributed by atoms with Crippen LogP contribution in [0.15, 0.2) is 12.7 Å². The van der Waals surface area contributed by atoms with Gasteiger partial charge >= 0.3 is 0 Å². The Morgan fingerprint density at radius 3 is 2.69 bits per heavy atom. The number of rotatable bonds is 5. The Kier molecular flexibility index (Phi) is 5.09. The van der Waals surface area contributed by atoms with Crippen LogP contribution in [0.2, 0.25) is 0 Å². The molecule has 0 aromatic heterocycles. The van der Waals surface area contributed by atoms with Crippen molar-refractivity contribution in [2.75, 3.05) is 26.2 Å². The monoisotopic (exact) mass is 182 g/mol. The average molecular weight is 182 g/mol. The Bertz CT molecular complexity index is 139. The van der Waals surface area contributed by atoms with Crippen molar-refractivity contribution in [2.24, 2.45) is 0 Å². The van der Waals surface area contributed by atoms with Gasteiger partial charge in [-0.15, -0.1) is 6.58 Å². The number of hydrogen-bond acceptors (Lipinski definition) is 2. The van der Waals surface area contributed by atoms with Crippen LogP contribution in [0.4, 0.5) is 0 Å². The molecule has 1 saturated heterocycles. The molecule has 1 atom stereocenters. The van der Waals surface area contributed by atoms with Crippen molar-refractivity contribution in [3.63, 3.8) is 0 Å². The van der Waals surface area contributed by atoms with Crippen molar-refractivity contribution in [2.45, 2.75) is 32.2 Å². The lowest BCUT2D eigenvalue weighted by molar-refractivity contribution is 0.228. The summed E-state index contributed by atoms with van der Waals surface area (Å²) >= 11 is 0. The van der Waals surface area contributed by atoms with Gasteiger partial charge in [-0.2, -0.15) is 0 Å².